The number of piperidine rings is 1. The first-order chi connectivity index (χ1) is 11.1. The first-order valence-corrected chi connectivity index (χ1v) is 8.92. The Morgan fingerprint density at radius 1 is 1.17 bits per heavy atom. The average Bonchev–Trinajstić information content (AvgIpc) is 3.05. The van der Waals surface area contributed by atoms with E-state index in [0.717, 1.165) is 31.3 Å². The number of rotatable bonds is 4. The van der Waals surface area contributed by atoms with E-state index in [-0.39, 0.29) is 5.91 Å². The van der Waals surface area contributed by atoms with Gasteiger partial charge in [-0.1, -0.05) is 13.8 Å². The molecule has 126 valence electrons. The van der Waals surface area contributed by atoms with Crippen LogP contribution in [0.2, 0.25) is 0 Å². The van der Waals surface area contributed by atoms with Crippen LogP contribution in [0.15, 0.2) is 18.5 Å². The molecule has 0 aromatic carbocycles. The molecule has 0 unspecified atom stereocenters. The van der Waals surface area contributed by atoms with Crippen molar-refractivity contribution in [1.82, 2.24) is 20.0 Å². The molecule has 0 saturated carbocycles. The number of aromatic nitrogens is 2. The fourth-order valence-electron chi connectivity index (χ4n) is 4.08. The largest absolute Gasteiger partial charge is 0.338 e. The Morgan fingerprint density at radius 3 is 2.57 bits per heavy atom. The number of carbonyl (C=O) groups excluding carboxylic acids is 1. The lowest BCUT2D eigenvalue weighted by molar-refractivity contribution is 0.0771. The number of hydrogen-bond acceptors (Lipinski definition) is 4. The average molecular weight is 316 g/mol. The van der Waals surface area contributed by atoms with Crippen LogP contribution in [0.5, 0.6) is 0 Å². The summed E-state index contributed by atoms with van der Waals surface area (Å²) in [6, 6.07) is 1.76. The van der Waals surface area contributed by atoms with Crippen molar-refractivity contribution in [3.63, 3.8) is 0 Å². The summed E-state index contributed by atoms with van der Waals surface area (Å²) in [5, 5.41) is 7.56. The van der Waals surface area contributed by atoms with E-state index in [1.807, 2.05) is 4.90 Å². The molecule has 0 radical (unpaired) electrons. The van der Waals surface area contributed by atoms with Crippen molar-refractivity contribution in [2.75, 3.05) is 32.7 Å². The molecule has 2 aliphatic heterocycles. The van der Waals surface area contributed by atoms with E-state index < -0.39 is 0 Å². The van der Waals surface area contributed by atoms with Gasteiger partial charge in [-0.05, 0) is 56.2 Å². The van der Waals surface area contributed by atoms with Crippen LogP contribution in [0, 0.1) is 17.8 Å². The van der Waals surface area contributed by atoms with E-state index in [2.05, 4.69) is 28.9 Å². The monoisotopic (exact) mass is 316 g/mol. The molecule has 2 fully saturated rings. The highest BCUT2D eigenvalue weighted by atomic mass is 16.2. The molecule has 1 aromatic heterocycles. The van der Waals surface area contributed by atoms with E-state index in [9.17, 15) is 4.79 Å². The van der Waals surface area contributed by atoms with Crippen molar-refractivity contribution in [3.8, 4) is 0 Å². The zero-order chi connectivity index (χ0) is 16.2. The fourth-order valence-corrected chi connectivity index (χ4v) is 4.08. The van der Waals surface area contributed by atoms with Gasteiger partial charge in [0.05, 0.1) is 18.0 Å². The van der Waals surface area contributed by atoms with Crippen molar-refractivity contribution in [2.24, 2.45) is 17.8 Å². The van der Waals surface area contributed by atoms with Crippen LogP contribution in [0.4, 0.5) is 0 Å². The molecule has 23 heavy (non-hydrogen) atoms. The molecule has 0 spiro atoms. The molecule has 2 aliphatic rings. The van der Waals surface area contributed by atoms with Crippen molar-refractivity contribution >= 4 is 5.91 Å². The first kappa shape index (κ1) is 16.4. The maximum atomic E-state index is 12.5. The van der Waals surface area contributed by atoms with Crippen LogP contribution in [-0.4, -0.2) is 58.6 Å². The van der Waals surface area contributed by atoms with E-state index in [1.54, 1.807) is 18.5 Å². The molecule has 5 nitrogen and oxygen atoms in total. The number of carbonyl (C=O) groups is 1. The van der Waals surface area contributed by atoms with Gasteiger partial charge < -0.3 is 9.80 Å². The minimum Gasteiger partial charge on any atom is -0.338 e. The lowest BCUT2D eigenvalue weighted by Crippen LogP contribution is -2.39. The Hall–Kier alpha value is -1.49. The van der Waals surface area contributed by atoms with Crippen LogP contribution in [-0.2, 0) is 0 Å². The van der Waals surface area contributed by atoms with Crippen molar-refractivity contribution in [1.29, 1.82) is 0 Å². The van der Waals surface area contributed by atoms with Crippen LogP contribution in [0.1, 0.15) is 43.5 Å². The number of hydrogen-bond donors (Lipinski definition) is 0. The van der Waals surface area contributed by atoms with Gasteiger partial charge in [0.2, 0.25) is 0 Å². The Labute approximate surface area is 139 Å². The SMILES string of the molecule is CC(C)CN1CCC([C@H]2CCN(C(=O)c3ccnnc3)C2)CC1. The molecule has 2 saturated heterocycles. The van der Waals surface area contributed by atoms with Gasteiger partial charge in [-0.3, -0.25) is 4.79 Å². The molecule has 1 atom stereocenters. The molecular formula is C18H28N4O. The summed E-state index contributed by atoms with van der Waals surface area (Å²) in [7, 11) is 0. The molecule has 0 aliphatic carbocycles. The Kier molecular flexibility index (Phi) is 5.26. The summed E-state index contributed by atoms with van der Waals surface area (Å²) in [5.74, 6) is 2.32. The number of nitrogens with zero attached hydrogens (tertiary/aromatic N) is 4. The molecule has 1 aromatic rings. The molecule has 5 heteroatoms. The van der Waals surface area contributed by atoms with Gasteiger partial charge in [-0.25, -0.2) is 0 Å². The van der Waals surface area contributed by atoms with Crippen molar-refractivity contribution in [2.45, 2.75) is 33.1 Å². The molecule has 0 bridgehead atoms. The Bertz CT molecular complexity index is 511. The minimum absolute atomic E-state index is 0.111. The second kappa shape index (κ2) is 7.39. The third-order valence-electron chi connectivity index (χ3n) is 5.27. The maximum absolute atomic E-state index is 12.5. The minimum atomic E-state index is 0.111. The zero-order valence-electron chi connectivity index (χ0n) is 14.3. The van der Waals surface area contributed by atoms with Crippen molar-refractivity contribution in [3.05, 3.63) is 24.0 Å². The molecule has 1 amide bonds. The molecule has 0 N–H and O–H groups in total. The van der Waals surface area contributed by atoms with E-state index >= 15 is 0 Å². The second-order valence-corrected chi connectivity index (χ2v) is 7.46. The first-order valence-electron chi connectivity index (χ1n) is 8.92. The van der Waals surface area contributed by atoms with Gasteiger partial charge in [0.15, 0.2) is 0 Å². The summed E-state index contributed by atoms with van der Waals surface area (Å²) in [6.07, 6.45) is 6.89. The lowest BCUT2D eigenvalue weighted by atomic mass is 9.83. The molecular weight excluding hydrogens is 288 g/mol. The van der Waals surface area contributed by atoms with Gasteiger partial charge in [-0.15, -0.1) is 0 Å². The summed E-state index contributed by atoms with van der Waals surface area (Å²) in [5.41, 5.74) is 0.660. The summed E-state index contributed by atoms with van der Waals surface area (Å²) < 4.78 is 0. The standard InChI is InChI=1S/C18H28N4O/c1-14(2)12-21-8-4-15(5-9-21)17-6-10-22(13-17)18(23)16-3-7-19-20-11-16/h3,7,11,14-15,17H,4-6,8-10,12-13H2,1-2H3/t17-/m0/s1. The predicted molar refractivity (Wildman–Crippen MR) is 90.0 cm³/mol. The zero-order valence-corrected chi connectivity index (χ0v) is 14.3. The summed E-state index contributed by atoms with van der Waals surface area (Å²) in [4.78, 5) is 17.1. The fraction of sp³-hybridized carbons (Fsp3) is 0.722. The Balaban J connectivity index is 1.50. The normalized spacial score (nSPS) is 23.6. The van der Waals surface area contributed by atoms with Gasteiger partial charge in [0.1, 0.15) is 0 Å². The number of likely N-dealkylation sites (tertiary alicyclic amines) is 2. The summed E-state index contributed by atoms with van der Waals surface area (Å²) >= 11 is 0. The topological polar surface area (TPSA) is 49.3 Å². The van der Waals surface area contributed by atoms with Gasteiger partial charge in [0, 0.05) is 19.6 Å². The number of amides is 1. The van der Waals surface area contributed by atoms with Gasteiger partial charge >= 0.3 is 0 Å². The van der Waals surface area contributed by atoms with Gasteiger partial charge in [-0.2, -0.15) is 10.2 Å². The highest BCUT2D eigenvalue weighted by molar-refractivity contribution is 5.93. The van der Waals surface area contributed by atoms with Crippen molar-refractivity contribution < 1.29 is 4.79 Å². The second-order valence-electron chi connectivity index (χ2n) is 7.46. The highest BCUT2D eigenvalue weighted by Gasteiger charge is 2.34. The predicted octanol–water partition coefficient (Wildman–Crippen LogP) is 2.31. The van der Waals surface area contributed by atoms with Crippen LogP contribution in [0.25, 0.3) is 0 Å². The molecule has 3 rings (SSSR count). The van der Waals surface area contributed by atoms with E-state index in [4.69, 9.17) is 0 Å². The van der Waals surface area contributed by atoms with Gasteiger partial charge in [0.25, 0.3) is 5.91 Å². The summed E-state index contributed by atoms with van der Waals surface area (Å²) in [6.45, 7) is 10.1. The Morgan fingerprint density at radius 2 is 1.91 bits per heavy atom. The van der Waals surface area contributed by atoms with Crippen LogP contribution < -0.4 is 0 Å². The maximum Gasteiger partial charge on any atom is 0.255 e. The van der Waals surface area contributed by atoms with E-state index in [1.165, 1.54) is 32.5 Å². The highest BCUT2D eigenvalue weighted by Crippen LogP contribution is 2.32. The smallest absolute Gasteiger partial charge is 0.255 e. The van der Waals surface area contributed by atoms with E-state index in [0.29, 0.717) is 11.5 Å². The third kappa shape index (κ3) is 4.08. The van der Waals surface area contributed by atoms with Crippen LogP contribution in [0.3, 0.4) is 0 Å². The molecule has 3 heterocycles. The van der Waals surface area contributed by atoms with Crippen LogP contribution >= 0.6 is 0 Å². The third-order valence-corrected chi connectivity index (χ3v) is 5.27. The quantitative estimate of drug-likeness (QED) is 0.855. The lowest BCUT2D eigenvalue weighted by Gasteiger charge is -2.35.